The molecule has 21 heavy (non-hydrogen) atoms. The predicted molar refractivity (Wildman–Crippen MR) is 83.8 cm³/mol. The Morgan fingerprint density at radius 2 is 1.52 bits per heavy atom. The van der Waals surface area contributed by atoms with Gasteiger partial charge in [-0.05, 0) is 19.3 Å². The van der Waals surface area contributed by atoms with E-state index in [9.17, 15) is 0 Å². The van der Waals surface area contributed by atoms with E-state index in [1.54, 1.807) is 0 Å². The van der Waals surface area contributed by atoms with Crippen molar-refractivity contribution in [3.05, 3.63) is 53.5 Å². The van der Waals surface area contributed by atoms with Crippen LogP contribution in [0.25, 0.3) is 0 Å². The van der Waals surface area contributed by atoms with Gasteiger partial charge in [0.15, 0.2) is 0 Å². The van der Waals surface area contributed by atoms with E-state index >= 15 is 0 Å². The van der Waals surface area contributed by atoms with Gasteiger partial charge in [-0.25, -0.2) is 0 Å². The molecule has 0 aromatic rings. The zero-order chi connectivity index (χ0) is 13.9. The van der Waals surface area contributed by atoms with Gasteiger partial charge in [0.05, 0.1) is 0 Å². The quantitative estimate of drug-likeness (QED) is 0.444. The summed E-state index contributed by atoms with van der Waals surface area (Å²) in [7, 11) is 0. The Balaban J connectivity index is 0. The van der Waals surface area contributed by atoms with Crippen molar-refractivity contribution < 1.29 is 39.2 Å². The smallest absolute Gasteiger partial charge is 0.0431 e. The fourth-order valence-corrected chi connectivity index (χ4v) is 2.20. The Morgan fingerprint density at radius 1 is 1.00 bits per heavy atom. The Hall–Kier alpha value is -0.206. The number of aliphatic hydroxyl groups is 1. The molecule has 0 unspecified atom stereocenters. The first-order valence-electron chi connectivity index (χ1n) is 7.46. The van der Waals surface area contributed by atoms with Crippen molar-refractivity contribution in [1.82, 2.24) is 0 Å². The Bertz CT molecular complexity index is 335. The second-order valence-corrected chi connectivity index (χ2v) is 5.06. The van der Waals surface area contributed by atoms with Crippen molar-refractivity contribution in [2.75, 3.05) is 6.61 Å². The summed E-state index contributed by atoms with van der Waals surface area (Å²) in [6, 6.07) is 0. The van der Waals surface area contributed by atoms with Crippen LogP contribution in [-0.2, 0) is 21.7 Å². The third-order valence-corrected chi connectivity index (χ3v) is 3.52. The third-order valence-electron chi connectivity index (χ3n) is 3.52. The largest absolute Gasteiger partial charge is 1.00 e. The molecule has 0 aromatic heterocycles. The monoisotopic (exact) mass is 342 g/mol. The number of hydrogen-bond donors (Lipinski definition) is 1. The Kier molecular flexibility index (Phi) is 16.2. The average molecular weight is 343 g/mol. The van der Waals surface area contributed by atoms with Gasteiger partial charge in [0.1, 0.15) is 0 Å². The van der Waals surface area contributed by atoms with Crippen LogP contribution in [0.3, 0.4) is 0 Å². The minimum absolute atomic E-state index is 0. The molecule has 2 rings (SSSR count). The number of aliphatic hydroxyl groups excluding tert-OH is 1. The molecule has 0 heterocycles. The predicted octanol–water partition coefficient (Wildman–Crippen LogP) is 1.91. The molecule has 118 valence electrons. The molecule has 0 amide bonds. The van der Waals surface area contributed by atoms with Crippen molar-refractivity contribution in [2.45, 2.75) is 52.4 Å². The first-order chi connectivity index (χ1) is 9.29. The van der Waals surface area contributed by atoms with Crippen LogP contribution < -0.4 is 12.4 Å². The number of hydrogen-bond acceptors (Lipinski definition) is 1. The molecule has 2 aliphatic carbocycles. The Morgan fingerprint density at radius 3 is 1.86 bits per heavy atom. The van der Waals surface area contributed by atoms with Crippen molar-refractivity contribution >= 4 is 0 Å². The molecule has 1 N–H and O–H groups in total. The van der Waals surface area contributed by atoms with Crippen molar-refractivity contribution in [3.8, 4) is 0 Å². The van der Waals surface area contributed by atoms with Gasteiger partial charge in [0.25, 0.3) is 0 Å². The fraction of sp³-hybridized carbons (Fsp3) is 0.500. The minimum atomic E-state index is 0. The van der Waals surface area contributed by atoms with E-state index in [1.165, 1.54) is 36.3 Å². The summed E-state index contributed by atoms with van der Waals surface area (Å²) in [6.07, 6.45) is 20.0. The Labute approximate surface area is 151 Å². The van der Waals surface area contributed by atoms with Gasteiger partial charge in [-0.15, -0.1) is 23.3 Å². The number of allylic oxidation sites excluding steroid dienone is 8. The van der Waals surface area contributed by atoms with E-state index in [0.29, 0.717) is 6.61 Å². The standard InChI is InChI=1S/C12H13.C6H14O.ClH.Ti/c1-10(11-6-2-3-7-11)12-8-4-5-9-12;1-2-3-4-5-6-7;;/h2-6,8H,7,9H2,1H3;7H,2-6H2,1H3;1H;/q-1;;;/p-1. The SMILES string of the molecule is CCCCCCO.C[C-](C1=CC=CC1)C1=CC=CC1.[Cl-].[Ti]. The molecule has 2 aliphatic rings. The maximum atomic E-state index is 8.29. The summed E-state index contributed by atoms with van der Waals surface area (Å²) < 4.78 is 0. The van der Waals surface area contributed by atoms with Gasteiger partial charge in [-0.2, -0.15) is 18.1 Å². The minimum Gasteiger partial charge on any atom is -1.00 e. The van der Waals surface area contributed by atoms with Crippen LogP contribution >= 0.6 is 0 Å². The van der Waals surface area contributed by atoms with E-state index < -0.39 is 0 Å². The number of unbranched alkanes of at least 4 members (excludes halogenated alkanes) is 3. The first kappa shape index (κ1) is 23.1. The summed E-state index contributed by atoms with van der Waals surface area (Å²) in [4.78, 5) is 0. The van der Waals surface area contributed by atoms with E-state index in [4.69, 9.17) is 5.11 Å². The zero-order valence-electron chi connectivity index (χ0n) is 13.2. The van der Waals surface area contributed by atoms with Crippen molar-refractivity contribution in [2.24, 2.45) is 0 Å². The maximum Gasteiger partial charge on any atom is 0.0431 e. The molecular formula is C18H27ClOTi-2. The molecule has 3 heteroatoms. The van der Waals surface area contributed by atoms with Crippen LogP contribution in [0.5, 0.6) is 0 Å². The summed E-state index contributed by atoms with van der Waals surface area (Å²) in [5, 5.41) is 8.29. The molecule has 1 nitrogen and oxygen atoms in total. The van der Waals surface area contributed by atoms with Crippen molar-refractivity contribution in [3.63, 3.8) is 0 Å². The normalized spacial score (nSPS) is 14.4. The van der Waals surface area contributed by atoms with Crippen LogP contribution in [0.15, 0.2) is 47.6 Å². The first-order valence-corrected chi connectivity index (χ1v) is 7.46. The molecule has 0 bridgehead atoms. The van der Waals surface area contributed by atoms with E-state index in [1.807, 2.05) is 0 Å². The van der Waals surface area contributed by atoms with Gasteiger partial charge in [-0.1, -0.05) is 45.3 Å². The van der Waals surface area contributed by atoms with Gasteiger partial charge in [-0.3, -0.25) is 0 Å². The van der Waals surface area contributed by atoms with E-state index in [-0.39, 0.29) is 34.1 Å². The molecular weight excluding hydrogens is 316 g/mol. The van der Waals surface area contributed by atoms with E-state index in [2.05, 4.69) is 50.3 Å². The molecule has 0 spiro atoms. The van der Waals surface area contributed by atoms with Gasteiger partial charge >= 0.3 is 0 Å². The number of rotatable bonds is 6. The van der Waals surface area contributed by atoms with Gasteiger partial charge in [0.2, 0.25) is 0 Å². The van der Waals surface area contributed by atoms with Crippen LogP contribution in [0.1, 0.15) is 52.4 Å². The van der Waals surface area contributed by atoms with Crippen molar-refractivity contribution in [1.29, 1.82) is 0 Å². The number of halogens is 1. The molecule has 0 fully saturated rings. The van der Waals surface area contributed by atoms with E-state index in [0.717, 1.165) is 19.3 Å². The van der Waals surface area contributed by atoms with Crippen LogP contribution in [0.2, 0.25) is 0 Å². The molecule has 0 aromatic carbocycles. The summed E-state index contributed by atoms with van der Waals surface area (Å²) in [5.41, 5.74) is 2.95. The maximum absolute atomic E-state index is 8.29. The molecule has 0 atom stereocenters. The van der Waals surface area contributed by atoms with Crippen LogP contribution in [-0.4, -0.2) is 11.7 Å². The molecule has 0 saturated heterocycles. The fourth-order valence-electron chi connectivity index (χ4n) is 2.20. The molecule has 0 saturated carbocycles. The molecule has 0 radical (unpaired) electrons. The third kappa shape index (κ3) is 9.42. The zero-order valence-corrected chi connectivity index (χ0v) is 15.6. The second-order valence-electron chi connectivity index (χ2n) is 5.06. The summed E-state index contributed by atoms with van der Waals surface area (Å²) in [6.45, 7) is 4.75. The van der Waals surface area contributed by atoms with Crippen LogP contribution in [0, 0.1) is 5.92 Å². The summed E-state index contributed by atoms with van der Waals surface area (Å²) >= 11 is 0. The second kappa shape index (κ2) is 14.7. The van der Waals surface area contributed by atoms with Gasteiger partial charge in [0, 0.05) is 28.3 Å². The van der Waals surface area contributed by atoms with Gasteiger partial charge < -0.3 is 17.5 Å². The summed E-state index contributed by atoms with van der Waals surface area (Å²) in [5.74, 6) is 1.46. The van der Waals surface area contributed by atoms with Crippen LogP contribution in [0.4, 0.5) is 0 Å². The molecule has 0 aliphatic heterocycles. The average Bonchev–Trinajstić information content (AvgIpc) is 3.13. The topological polar surface area (TPSA) is 20.2 Å².